The van der Waals surface area contributed by atoms with E-state index >= 15 is 0 Å². The first kappa shape index (κ1) is 17.4. The van der Waals surface area contributed by atoms with Gasteiger partial charge in [-0.1, -0.05) is 36.4 Å². The van der Waals surface area contributed by atoms with Crippen molar-refractivity contribution in [3.05, 3.63) is 94.8 Å². The minimum atomic E-state index is -0.299. The Kier molecular flexibility index (Phi) is 4.21. The summed E-state index contributed by atoms with van der Waals surface area (Å²) < 4.78 is 11.1. The molecule has 0 fully saturated rings. The van der Waals surface area contributed by atoms with Crippen molar-refractivity contribution >= 4 is 28.0 Å². The normalized spacial score (nSPS) is 13.4. The summed E-state index contributed by atoms with van der Waals surface area (Å²) in [6.45, 7) is 1.10. The average Bonchev–Trinajstić information content (AvgIpc) is 2.79. The minimum absolute atomic E-state index is 0.299. The highest BCUT2D eigenvalue weighted by molar-refractivity contribution is 5.95. The standard InChI is InChI=1S/C24H20N2O3/c1-28-19-11-7-10-18(14-19)26-16-25(17-8-3-2-4-9-17)15-21-23(26)20-12-5-6-13-22(20)29-24(21)27/h2-14H,15-16H2,1H3. The zero-order chi connectivity index (χ0) is 19.8. The van der Waals surface area contributed by atoms with Crippen molar-refractivity contribution in [3.63, 3.8) is 0 Å². The van der Waals surface area contributed by atoms with Crippen molar-refractivity contribution in [2.45, 2.75) is 6.54 Å². The molecule has 0 atom stereocenters. The van der Waals surface area contributed by atoms with E-state index in [-0.39, 0.29) is 5.63 Å². The van der Waals surface area contributed by atoms with Crippen LogP contribution >= 0.6 is 0 Å². The first-order valence-electron chi connectivity index (χ1n) is 9.51. The maximum atomic E-state index is 12.9. The van der Waals surface area contributed by atoms with Crippen LogP contribution < -0.4 is 20.2 Å². The highest BCUT2D eigenvalue weighted by Gasteiger charge is 2.29. The van der Waals surface area contributed by atoms with Crippen LogP contribution in [-0.2, 0) is 6.54 Å². The number of hydrogen-bond acceptors (Lipinski definition) is 5. The van der Waals surface area contributed by atoms with Gasteiger partial charge in [-0.05, 0) is 36.4 Å². The Morgan fingerprint density at radius 2 is 1.66 bits per heavy atom. The largest absolute Gasteiger partial charge is 0.497 e. The number of fused-ring (bicyclic) bond motifs is 3. The summed E-state index contributed by atoms with van der Waals surface area (Å²) >= 11 is 0. The van der Waals surface area contributed by atoms with Gasteiger partial charge in [0, 0.05) is 22.8 Å². The number of anilines is 3. The SMILES string of the molecule is COc1cccc(N2CN(c3ccccc3)Cc3c2c2ccccc2oc3=O)c1. The maximum absolute atomic E-state index is 12.9. The Morgan fingerprint density at radius 1 is 0.897 bits per heavy atom. The molecule has 5 heteroatoms. The van der Waals surface area contributed by atoms with Crippen molar-refractivity contribution in [2.24, 2.45) is 0 Å². The van der Waals surface area contributed by atoms with Gasteiger partial charge < -0.3 is 19.0 Å². The van der Waals surface area contributed by atoms with Gasteiger partial charge in [-0.3, -0.25) is 0 Å². The highest BCUT2D eigenvalue weighted by Crippen LogP contribution is 2.39. The lowest BCUT2D eigenvalue weighted by Gasteiger charge is -2.39. The van der Waals surface area contributed by atoms with Gasteiger partial charge in [0.2, 0.25) is 0 Å². The van der Waals surface area contributed by atoms with E-state index in [1.165, 1.54) is 0 Å². The Labute approximate surface area is 168 Å². The predicted molar refractivity (Wildman–Crippen MR) is 115 cm³/mol. The lowest BCUT2D eigenvalue weighted by atomic mass is 10.0. The van der Waals surface area contributed by atoms with Crippen LogP contribution in [0.15, 0.2) is 88.1 Å². The van der Waals surface area contributed by atoms with Crippen LogP contribution in [0, 0.1) is 0 Å². The average molecular weight is 384 g/mol. The molecule has 5 nitrogen and oxygen atoms in total. The van der Waals surface area contributed by atoms with E-state index in [2.05, 4.69) is 21.9 Å². The molecule has 1 aromatic heterocycles. The van der Waals surface area contributed by atoms with Crippen LogP contribution in [0.3, 0.4) is 0 Å². The second-order valence-electron chi connectivity index (χ2n) is 7.02. The van der Waals surface area contributed by atoms with Crippen LogP contribution in [0.2, 0.25) is 0 Å². The second kappa shape index (κ2) is 7.02. The fraction of sp³-hybridized carbons (Fsp3) is 0.125. The predicted octanol–water partition coefficient (Wildman–Crippen LogP) is 4.92. The summed E-state index contributed by atoms with van der Waals surface area (Å²) in [5.41, 5.74) is 3.86. The lowest BCUT2D eigenvalue weighted by Crippen LogP contribution is -2.42. The molecule has 144 valence electrons. The van der Waals surface area contributed by atoms with E-state index in [0.29, 0.717) is 24.4 Å². The molecule has 0 radical (unpaired) electrons. The summed E-state index contributed by atoms with van der Waals surface area (Å²) in [5, 5.41) is 0.928. The molecule has 2 heterocycles. The van der Waals surface area contributed by atoms with Gasteiger partial charge in [0.05, 0.1) is 31.6 Å². The van der Waals surface area contributed by atoms with Crippen LogP contribution in [0.1, 0.15) is 5.56 Å². The highest BCUT2D eigenvalue weighted by atomic mass is 16.5. The maximum Gasteiger partial charge on any atom is 0.343 e. The molecular formula is C24H20N2O3. The number of methoxy groups -OCH3 is 1. The molecule has 29 heavy (non-hydrogen) atoms. The molecule has 0 spiro atoms. The number of para-hydroxylation sites is 2. The van der Waals surface area contributed by atoms with Crippen molar-refractivity contribution < 1.29 is 9.15 Å². The number of ether oxygens (including phenoxy) is 1. The number of benzene rings is 3. The first-order chi connectivity index (χ1) is 14.2. The molecular weight excluding hydrogens is 364 g/mol. The van der Waals surface area contributed by atoms with Gasteiger partial charge >= 0.3 is 5.63 Å². The first-order valence-corrected chi connectivity index (χ1v) is 9.51. The fourth-order valence-corrected chi connectivity index (χ4v) is 3.90. The van der Waals surface area contributed by atoms with Gasteiger partial charge in [0.15, 0.2) is 0 Å². The van der Waals surface area contributed by atoms with Crippen LogP contribution in [-0.4, -0.2) is 13.8 Å². The number of hydrogen-bond donors (Lipinski definition) is 0. The van der Waals surface area contributed by atoms with Crippen LogP contribution in [0.5, 0.6) is 5.75 Å². The molecule has 1 aliphatic rings. The van der Waals surface area contributed by atoms with Gasteiger partial charge in [-0.25, -0.2) is 4.79 Å². The lowest BCUT2D eigenvalue weighted by molar-refractivity contribution is 0.415. The molecule has 0 saturated carbocycles. The molecule has 0 saturated heterocycles. The molecule has 4 aromatic rings. The van der Waals surface area contributed by atoms with Crippen LogP contribution in [0.4, 0.5) is 17.1 Å². The van der Waals surface area contributed by atoms with E-state index in [1.807, 2.05) is 66.7 Å². The zero-order valence-corrected chi connectivity index (χ0v) is 16.0. The summed E-state index contributed by atoms with van der Waals surface area (Å²) in [7, 11) is 1.66. The zero-order valence-electron chi connectivity index (χ0n) is 16.0. The van der Waals surface area contributed by atoms with Crippen molar-refractivity contribution in [1.29, 1.82) is 0 Å². The molecule has 3 aromatic carbocycles. The third-order valence-electron chi connectivity index (χ3n) is 5.29. The molecule has 0 unspecified atom stereocenters. The molecule has 1 aliphatic heterocycles. The van der Waals surface area contributed by atoms with Gasteiger partial charge in [0.25, 0.3) is 0 Å². The third kappa shape index (κ3) is 3.01. The van der Waals surface area contributed by atoms with Gasteiger partial charge in [-0.15, -0.1) is 0 Å². The van der Waals surface area contributed by atoms with Crippen molar-refractivity contribution in [1.82, 2.24) is 0 Å². The van der Waals surface area contributed by atoms with Gasteiger partial charge in [0.1, 0.15) is 11.3 Å². The fourth-order valence-electron chi connectivity index (χ4n) is 3.90. The summed E-state index contributed by atoms with van der Waals surface area (Å²) in [4.78, 5) is 17.2. The Morgan fingerprint density at radius 3 is 2.48 bits per heavy atom. The summed E-state index contributed by atoms with van der Waals surface area (Å²) in [6.07, 6.45) is 0. The summed E-state index contributed by atoms with van der Waals surface area (Å²) in [6, 6.07) is 25.7. The summed E-state index contributed by atoms with van der Waals surface area (Å²) in [5.74, 6) is 0.771. The Balaban J connectivity index is 1.75. The van der Waals surface area contributed by atoms with Gasteiger partial charge in [-0.2, -0.15) is 0 Å². The molecule has 5 rings (SSSR count). The minimum Gasteiger partial charge on any atom is -0.497 e. The van der Waals surface area contributed by atoms with Crippen molar-refractivity contribution in [3.8, 4) is 5.75 Å². The van der Waals surface area contributed by atoms with E-state index in [4.69, 9.17) is 9.15 Å². The second-order valence-corrected chi connectivity index (χ2v) is 7.02. The molecule has 0 amide bonds. The van der Waals surface area contributed by atoms with Crippen LogP contribution in [0.25, 0.3) is 11.0 Å². The quantitative estimate of drug-likeness (QED) is 0.469. The third-order valence-corrected chi connectivity index (χ3v) is 5.29. The Bertz CT molecular complexity index is 1230. The topological polar surface area (TPSA) is 45.9 Å². The number of nitrogens with zero attached hydrogens (tertiary/aromatic N) is 2. The van der Waals surface area contributed by atoms with E-state index in [0.717, 1.165) is 28.2 Å². The monoisotopic (exact) mass is 384 g/mol. The van der Waals surface area contributed by atoms with E-state index in [9.17, 15) is 4.79 Å². The number of rotatable bonds is 3. The molecule has 0 N–H and O–H groups in total. The van der Waals surface area contributed by atoms with E-state index in [1.54, 1.807) is 7.11 Å². The smallest absolute Gasteiger partial charge is 0.343 e. The Hall–Kier alpha value is -3.73. The van der Waals surface area contributed by atoms with E-state index < -0.39 is 0 Å². The molecule has 0 aliphatic carbocycles. The van der Waals surface area contributed by atoms with Crippen molar-refractivity contribution in [2.75, 3.05) is 23.6 Å². The molecule has 0 bridgehead atoms.